The van der Waals surface area contributed by atoms with Crippen LogP contribution in [-0.4, -0.2) is 21.3 Å². The first-order chi connectivity index (χ1) is 8.63. The Morgan fingerprint density at radius 2 is 2.00 bits per heavy atom. The van der Waals surface area contributed by atoms with Crippen LogP contribution in [0.4, 0.5) is 0 Å². The van der Waals surface area contributed by atoms with E-state index in [0.29, 0.717) is 22.7 Å². The molecule has 0 amide bonds. The summed E-state index contributed by atoms with van der Waals surface area (Å²) in [6, 6.07) is 4.23. The van der Waals surface area contributed by atoms with E-state index in [2.05, 4.69) is 12.2 Å². The molecule has 1 aromatic rings. The van der Waals surface area contributed by atoms with Gasteiger partial charge in [0.15, 0.2) is 0 Å². The highest BCUT2D eigenvalue weighted by Gasteiger charge is 2.40. The lowest BCUT2D eigenvalue weighted by atomic mass is 10.00. The van der Waals surface area contributed by atoms with Crippen LogP contribution in [0.15, 0.2) is 12.1 Å². The van der Waals surface area contributed by atoms with Crippen LogP contribution in [0, 0.1) is 11.8 Å². The Balaban J connectivity index is 2.40. The number of hydrogen-bond donors (Lipinski definition) is 1. The maximum absolute atomic E-state index is 6.30. The van der Waals surface area contributed by atoms with Gasteiger partial charge < -0.3 is 14.8 Å². The Bertz CT molecular complexity index is 436. The largest absolute Gasteiger partial charge is 0.495 e. The number of hydrogen-bond acceptors (Lipinski definition) is 3. The molecule has 1 saturated carbocycles. The zero-order chi connectivity index (χ0) is 13.3. The van der Waals surface area contributed by atoms with Gasteiger partial charge in [0.2, 0.25) is 0 Å². The number of methoxy groups -OCH3 is 2. The minimum Gasteiger partial charge on any atom is -0.495 e. The topological polar surface area (TPSA) is 30.5 Å². The van der Waals surface area contributed by atoms with Gasteiger partial charge in [0.1, 0.15) is 16.5 Å². The Morgan fingerprint density at radius 3 is 2.44 bits per heavy atom. The molecule has 18 heavy (non-hydrogen) atoms. The minimum absolute atomic E-state index is 0.290. The highest BCUT2D eigenvalue weighted by Crippen LogP contribution is 2.50. The summed E-state index contributed by atoms with van der Waals surface area (Å²) in [5, 5.41) is 3.92. The first-order valence-corrected chi connectivity index (χ1v) is 6.59. The molecule has 1 aliphatic carbocycles. The van der Waals surface area contributed by atoms with Crippen LogP contribution in [0.25, 0.3) is 0 Å². The van der Waals surface area contributed by atoms with Crippen LogP contribution < -0.4 is 14.8 Å². The van der Waals surface area contributed by atoms with Crippen molar-refractivity contribution in [3.05, 3.63) is 22.7 Å². The minimum atomic E-state index is 0.290. The van der Waals surface area contributed by atoms with E-state index in [1.54, 1.807) is 14.2 Å². The SMILES string of the molecule is CNC(c1ccc(OC)c(Cl)c1OC)C1CC1C. The van der Waals surface area contributed by atoms with Crippen LogP contribution in [0.5, 0.6) is 11.5 Å². The monoisotopic (exact) mass is 269 g/mol. The summed E-state index contributed by atoms with van der Waals surface area (Å²) in [5.41, 5.74) is 1.11. The van der Waals surface area contributed by atoms with Gasteiger partial charge in [0, 0.05) is 11.6 Å². The summed E-state index contributed by atoms with van der Waals surface area (Å²) in [4.78, 5) is 0. The molecule has 100 valence electrons. The third-order valence-corrected chi connectivity index (χ3v) is 4.12. The molecule has 4 heteroatoms. The molecule has 0 bridgehead atoms. The summed E-state index contributed by atoms with van der Waals surface area (Å²) in [5.74, 6) is 2.78. The number of rotatable bonds is 5. The van der Waals surface area contributed by atoms with Crippen LogP contribution in [0.1, 0.15) is 24.9 Å². The van der Waals surface area contributed by atoms with E-state index in [-0.39, 0.29) is 0 Å². The fourth-order valence-corrected chi connectivity index (χ4v) is 2.90. The smallest absolute Gasteiger partial charge is 0.146 e. The molecule has 0 aromatic heterocycles. The van der Waals surface area contributed by atoms with Gasteiger partial charge in [-0.15, -0.1) is 0 Å². The highest BCUT2D eigenvalue weighted by molar-refractivity contribution is 6.33. The second kappa shape index (κ2) is 5.37. The summed E-state index contributed by atoms with van der Waals surface area (Å²) >= 11 is 6.30. The van der Waals surface area contributed by atoms with E-state index >= 15 is 0 Å². The molecule has 1 aliphatic rings. The summed E-state index contributed by atoms with van der Waals surface area (Å²) in [6.45, 7) is 2.27. The Morgan fingerprint density at radius 1 is 1.33 bits per heavy atom. The lowest BCUT2D eigenvalue weighted by molar-refractivity contribution is 0.381. The van der Waals surface area contributed by atoms with Crippen molar-refractivity contribution in [2.75, 3.05) is 21.3 Å². The predicted octanol–water partition coefficient (Wildman–Crippen LogP) is 3.27. The molecule has 2 rings (SSSR count). The quantitative estimate of drug-likeness (QED) is 0.890. The maximum atomic E-state index is 6.30. The first-order valence-electron chi connectivity index (χ1n) is 6.21. The lowest BCUT2D eigenvalue weighted by Gasteiger charge is -2.21. The van der Waals surface area contributed by atoms with E-state index in [0.717, 1.165) is 17.2 Å². The van der Waals surface area contributed by atoms with Crippen molar-refractivity contribution in [2.24, 2.45) is 11.8 Å². The Kier molecular flexibility index (Phi) is 4.03. The lowest BCUT2D eigenvalue weighted by Crippen LogP contribution is -2.20. The maximum Gasteiger partial charge on any atom is 0.146 e. The summed E-state index contributed by atoms with van der Waals surface area (Å²) < 4.78 is 10.7. The summed E-state index contributed by atoms with van der Waals surface area (Å²) in [6.07, 6.45) is 1.25. The van der Waals surface area contributed by atoms with Gasteiger partial charge in [-0.3, -0.25) is 0 Å². The van der Waals surface area contributed by atoms with E-state index < -0.39 is 0 Å². The van der Waals surface area contributed by atoms with Crippen molar-refractivity contribution in [2.45, 2.75) is 19.4 Å². The molecule has 0 aliphatic heterocycles. The van der Waals surface area contributed by atoms with E-state index in [1.807, 2.05) is 19.2 Å². The van der Waals surface area contributed by atoms with Crippen LogP contribution in [0.2, 0.25) is 5.02 Å². The van der Waals surface area contributed by atoms with Gasteiger partial charge in [0.25, 0.3) is 0 Å². The zero-order valence-electron chi connectivity index (χ0n) is 11.3. The van der Waals surface area contributed by atoms with Gasteiger partial charge in [-0.1, -0.05) is 18.5 Å². The van der Waals surface area contributed by atoms with Crippen molar-refractivity contribution in [1.29, 1.82) is 0 Å². The Hall–Kier alpha value is -0.930. The molecule has 3 unspecified atom stereocenters. The molecule has 1 aromatic carbocycles. The molecule has 0 spiro atoms. The van der Waals surface area contributed by atoms with E-state index in [1.165, 1.54) is 6.42 Å². The molecule has 0 heterocycles. The first kappa shape index (κ1) is 13.5. The van der Waals surface area contributed by atoms with Crippen LogP contribution in [-0.2, 0) is 0 Å². The van der Waals surface area contributed by atoms with Gasteiger partial charge in [0.05, 0.1) is 14.2 Å². The average Bonchev–Trinajstić information content (AvgIpc) is 3.08. The van der Waals surface area contributed by atoms with Gasteiger partial charge in [-0.2, -0.15) is 0 Å². The third kappa shape index (κ3) is 2.29. The molecule has 0 radical (unpaired) electrons. The predicted molar refractivity (Wildman–Crippen MR) is 73.6 cm³/mol. The number of nitrogens with one attached hydrogen (secondary N) is 1. The summed E-state index contributed by atoms with van der Waals surface area (Å²) in [7, 11) is 5.24. The van der Waals surface area contributed by atoms with E-state index in [9.17, 15) is 0 Å². The molecular formula is C14H20ClNO2. The van der Waals surface area contributed by atoms with Gasteiger partial charge in [-0.25, -0.2) is 0 Å². The molecule has 3 atom stereocenters. The second-order valence-corrected chi connectivity index (χ2v) is 5.23. The van der Waals surface area contributed by atoms with Crippen molar-refractivity contribution >= 4 is 11.6 Å². The Labute approximate surface area is 113 Å². The van der Waals surface area contributed by atoms with Crippen LogP contribution >= 0.6 is 11.6 Å². The second-order valence-electron chi connectivity index (χ2n) is 4.85. The van der Waals surface area contributed by atoms with E-state index in [4.69, 9.17) is 21.1 Å². The van der Waals surface area contributed by atoms with Gasteiger partial charge >= 0.3 is 0 Å². The fraction of sp³-hybridized carbons (Fsp3) is 0.571. The molecule has 1 N–H and O–H groups in total. The van der Waals surface area contributed by atoms with Crippen molar-refractivity contribution < 1.29 is 9.47 Å². The molecule has 1 fully saturated rings. The number of ether oxygens (including phenoxy) is 2. The van der Waals surface area contributed by atoms with Crippen LogP contribution in [0.3, 0.4) is 0 Å². The molecule has 3 nitrogen and oxygen atoms in total. The zero-order valence-corrected chi connectivity index (χ0v) is 12.0. The standard InChI is InChI=1S/C14H20ClNO2/c1-8-7-10(8)13(16-2)9-5-6-11(17-3)12(15)14(9)18-4/h5-6,8,10,13,16H,7H2,1-4H3. The number of halogens is 1. The third-order valence-electron chi connectivity index (χ3n) is 3.76. The van der Waals surface area contributed by atoms with Crippen molar-refractivity contribution in [3.8, 4) is 11.5 Å². The van der Waals surface area contributed by atoms with Crippen molar-refractivity contribution in [1.82, 2.24) is 5.32 Å². The molecule has 0 saturated heterocycles. The average molecular weight is 270 g/mol. The highest BCUT2D eigenvalue weighted by atomic mass is 35.5. The van der Waals surface area contributed by atoms with Crippen molar-refractivity contribution in [3.63, 3.8) is 0 Å². The molecular weight excluding hydrogens is 250 g/mol. The normalized spacial score (nSPS) is 23.6. The van der Waals surface area contributed by atoms with Gasteiger partial charge in [-0.05, 0) is 37.4 Å². The number of benzene rings is 1. The fourth-order valence-electron chi connectivity index (χ4n) is 2.58.